The van der Waals surface area contributed by atoms with Gasteiger partial charge < -0.3 is 20.5 Å². The maximum atomic E-state index is 10.2. The number of hydrogen-bond acceptors (Lipinski definition) is 3. The summed E-state index contributed by atoms with van der Waals surface area (Å²) in [6.45, 7) is 6.86. The van der Waals surface area contributed by atoms with Crippen molar-refractivity contribution in [3.63, 3.8) is 0 Å². The lowest BCUT2D eigenvalue weighted by molar-refractivity contribution is 0.0283. The second-order valence-corrected chi connectivity index (χ2v) is 6.32. The van der Waals surface area contributed by atoms with Gasteiger partial charge in [-0.25, -0.2) is 0 Å². The van der Waals surface area contributed by atoms with Crippen LogP contribution in [-0.4, -0.2) is 49.0 Å². The predicted octanol–water partition coefficient (Wildman–Crippen LogP) is 1.71. The molecule has 2 rings (SSSR count). The fraction of sp³-hybridized carbons (Fsp3) is 0.611. The maximum absolute atomic E-state index is 10.2. The molecule has 2 atom stereocenters. The molecule has 0 saturated carbocycles. The minimum absolute atomic E-state index is 0.148. The zero-order valence-electron chi connectivity index (χ0n) is 14.2. The van der Waals surface area contributed by atoms with Crippen LogP contribution in [0.3, 0.4) is 0 Å². The normalized spacial score (nSPS) is 22.8. The summed E-state index contributed by atoms with van der Waals surface area (Å²) in [4.78, 5) is 4.60. The van der Waals surface area contributed by atoms with Crippen LogP contribution in [-0.2, 0) is 11.2 Å². The third-order valence-corrected chi connectivity index (χ3v) is 4.04. The first kappa shape index (κ1) is 17.8. The third kappa shape index (κ3) is 6.20. The van der Waals surface area contributed by atoms with E-state index in [1.165, 1.54) is 0 Å². The number of nitrogens with zero attached hydrogens (tertiary/aromatic N) is 1. The Balaban J connectivity index is 1.81. The monoisotopic (exact) mass is 319 g/mol. The van der Waals surface area contributed by atoms with Crippen molar-refractivity contribution in [2.24, 2.45) is 4.99 Å². The first-order valence-electron chi connectivity index (χ1n) is 8.49. The number of aliphatic imine (C=N–C) groups is 1. The van der Waals surface area contributed by atoms with Gasteiger partial charge in [0.05, 0.1) is 18.2 Å². The molecule has 3 N–H and O–H groups in total. The Morgan fingerprint density at radius 1 is 1.35 bits per heavy atom. The fourth-order valence-electron chi connectivity index (χ4n) is 2.72. The zero-order valence-corrected chi connectivity index (χ0v) is 14.2. The SMILES string of the molecule is CCNC(=NCC1(C)CCCO1)NCC(O)Cc1ccccc1. The Morgan fingerprint density at radius 2 is 2.13 bits per heavy atom. The number of aliphatic hydroxyl groups excluding tert-OH is 1. The Labute approximate surface area is 139 Å². The van der Waals surface area contributed by atoms with Crippen molar-refractivity contribution >= 4 is 5.96 Å². The number of nitrogens with one attached hydrogen (secondary N) is 2. The standard InChI is InChI=1S/C18H29N3O2/c1-3-19-17(21-14-18(2)10-7-11-23-18)20-13-16(22)12-15-8-5-4-6-9-15/h4-6,8-9,16,22H,3,7,10-14H2,1-2H3,(H2,19,20,21). The molecule has 0 aromatic heterocycles. The molecule has 0 aliphatic carbocycles. The lowest BCUT2D eigenvalue weighted by Gasteiger charge is -2.22. The highest BCUT2D eigenvalue weighted by atomic mass is 16.5. The van der Waals surface area contributed by atoms with Crippen molar-refractivity contribution in [3.05, 3.63) is 35.9 Å². The van der Waals surface area contributed by atoms with E-state index < -0.39 is 6.10 Å². The lowest BCUT2D eigenvalue weighted by atomic mass is 10.0. The summed E-state index contributed by atoms with van der Waals surface area (Å²) in [7, 11) is 0. The molecule has 23 heavy (non-hydrogen) atoms. The molecule has 1 fully saturated rings. The summed E-state index contributed by atoms with van der Waals surface area (Å²) in [6, 6.07) is 10.0. The van der Waals surface area contributed by atoms with Crippen LogP contribution >= 0.6 is 0 Å². The Hall–Kier alpha value is -1.59. The van der Waals surface area contributed by atoms with Crippen molar-refractivity contribution in [2.45, 2.75) is 44.8 Å². The summed E-state index contributed by atoms with van der Waals surface area (Å²) in [6.07, 6.45) is 2.34. The molecule has 0 amide bonds. The average molecular weight is 319 g/mol. The topological polar surface area (TPSA) is 65.9 Å². The number of guanidine groups is 1. The van der Waals surface area contributed by atoms with E-state index in [-0.39, 0.29) is 5.60 Å². The molecular formula is C18H29N3O2. The van der Waals surface area contributed by atoms with Crippen LogP contribution < -0.4 is 10.6 Å². The molecular weight excluding hydrogens is 290 g/mol. The summed E-state index contributed by atoms with van der Waals surface area (Å²) in [5.74, 6) is 0.733. The van der Waals surface area contributed by atoms with E-state index in [0.717, 1.165) is 37.5 Å². The van der Waals surface area contributed by atoms with E-state index >= 15 is 0 Å². The number of rotatable bonds is 7. The van der Waals surface area contributed by atoms with Crippen LogP contribution in [0.25, 0.3) is 0 Å². The molecule has 0 bridgehead atoms. The number of ether oxygens (including phenoxy) is 1. The van der Waals surface area contributed by atoms with Crippen LogP contribution in [0.1, 0.15) is 32.3 Å². The van der Waals surface area contributed by atoms with Gasteiger partial charge >= 0.3 is 0 Å². The summed E-state index contributed by atoms with van der Waals surface area (Å²) >= 11 is 0. The van der Waals surface area contributed by atoms with Crippen LogP contribution in [0.15, 0.2) is 35.3 Å². The molecule has 1 aromatic carbocycles. The van der Waals surface area contributed by atoms with Gasteiger partial charge in [-0.05, 0) is 32.3 Å². The van der Waals surface area contributed by atoms with Crippen molar-refractivity contribution in [3.8, 4) is 0 Å². The van der Waals surface area contributed by atoms with Crippen molar-refractivity contribution < 1.29 is 9.84 Å². The van der Waals surface area contributed by atoms with Crippen LogP contribution in [0.5, 0.6) is 0 Å². The molecule has 2 unspecified atom stereocenters. The highest BCUT2D eigenvalue weighted by molar-refractivity contribution is 5.79. The van der Waals surface area contributed by atoms with E-state index in [4.69, 9.17) is 4.74 Å². The van der Waals surface area contributed by atoms with E-state index in [9.17, 15) is 5.11 Å². The summed E-state index contributed by atoms with van der Waals surface area (Å²) in [5, 5.41) is 16.6. The fourth-order valence-corrected chi connectivity index (χ4v) is 2.72. The second kappa shape index (κ2) is 8.89. The third-order valence-electron chi connectivity index (χ3n) is 4.04. The van der Waals surface area contributed by atoms with Crippen molar-refractivity contribution in [1.82, 2.24) is 10.6 Å². The first-order valence-corrected chi connectivity index (χ1v) is 8.49. The van der Waals surface area contributed by atoms with Gasteiger partial charge in [0, 0.05) is 26.1 Å². The minimum Gasteiger partial charge on any atom is -0.391 e. The Kier molecular flexibility index (Phi) is 6.86. The van der Waals surface area contributed by atoms with Gasteiger partial charge in [-0.2, -0.15) is 0 Å². The molecule has 1 aromatic rings. The molecule has 5 nitrogen and oxygen atoms in total. The van der Waals surface area contributed by atoms with Gasteiger partial charge in [-0.3, -0.25) is 4.99 Å². The van der Waals surface area contributed by atoms with Crippen LogP contribution in [0.4, 0.5) is 0 Å². The quantitative estimate of drug-likeness (QED) is 0.529. The Bertz CT molecular complexity index is 484. The maximum Gasteiger partial charge on any atom is 0.191 e. The highest BCUT2D eigenvalue weighted by Crippen LogP contribution is 2.24. The van der Waals surface area contributed by atoms with E-state index in [1.807, 2.05) is 37.3 Å². The van der Waals surface area contributed by atoms with Gasteiger partial charge in [0.25, 0.3) is 0 Å². The molecule has 1 saturated heterocycles. The smallest absolute Gasteiger partial charge is 0.191 e. The molecule has 1 heterocycles. The van der Waals surface area contributed by atoms with E-state index in [1.54, 1.807) is 0 Å². The second-order valence-electron chi connectivity index (χ2n) is 6.32. The molecule has 128 valence electrons. The van der Waals surface area contributed by atoms with E-state index in [2.05, 4.69) is 22.5 Å². The molecule has 1 aliphatic heterocycles. The molecule has 5 heteroatoms. The summed E-state index contributed by atoms with van der Waals surface area (Å²) < 4.78 is 5.76. The number of hydrogen-bond donors (Lipinski definition) is 3. The zero-order chi connectivity index (χ0) is 16.5. The first-order chi connectivity index (χ1) is 11.1. The predicted molar refractivity (Wildman–Crippen MR) is 93.7 cm³/mol. The average Bonchev–Trinajstić information content (AvgIpc) is 2.98. The van der Waals surface area contributed by atoms with Gasteiger partial charge in [0.2, 0.25) is 0 Å². The van der Waals surface area contributed by atoms with E-state index in [0.29, 0.717) is 19.5 Å². The Morgan fingerprint density at radius 3 is 2.78 bits per heavy atom. The highest BCUT2D eigenvalue weighted by Gasteiger charge is 2.29. The van der Waals surface area contributed by atoms with Gasteiger partial charge in [0.1, 0.15) is 0 Å². The van der Waals surface area contributed by atoms with Crippen molar-refractivity contribution in [1.29, 1.82) is 0 Å². The molecule has 0 spiro atoms. The largest absolute Gasteiger partial charge is 0.391 e. The lowest BCUT2D eigenvalue weighted by Crippen LogP contribution is -2.42. The van der Waals surface area contributed by atoms with Gasteiger partial charge in [0.15, 0.2) is 5.96 Å². The minimum atomic E-state index is -0.445. The number of benzene rings is 1. The van der Waals surface area contributed by atoms with Crippen molar-refractivity contribution in [2.75, 3.05) is 26.2 Å². The van der Waals surface area contributed by atoms with Gasteiger partial charge in [-0.15, -0.1) is 0 Å². The van der Waals surface area contributed by atoms with Crippen LogP contribution in [0, 0.1) is 0 Å². The number of aliphatic hydroxyl groups is 1. The summed E-state index contributed by atoms with van der Waals surface area (Å²) in [5.41, 5.74) is 0.987. The molecule has 0 radical (unpaired) electrons. The van der Waals surface area contributed by atoms with Crippen LogP contribution in [0.2, 0.25) is 0 Å². The van der Waals surface area contributed by atoms with Gasteiger partial charge in [-0.1, -0.05) is 30.3 Å². The molecule has 1 aliphatic rings.